The Morgan fingerprint density at radius 3 is 2.39 bits per heavy atom. The summed E-state index contributed by atoms with van der Waals surface area (Å²) in [7, 11) is 0. The first-order chi connectivity index (χ1) is 14.7. The van der Waals surface area contributed by atoms with Crippen LogP contribution in [0.1, 0.15) is 78.1 Å². The van der Waals surface area contributed by atoms with Crippen molar-refractivity contribution in [2.24, 2.45) is 28.6 Å². The predicted octanol–water partition coefficient (Wildman–Crippen LogP) is 4.10. The van der Waals surface area contributed by atoms with Gasteiger partial charge in [-0.25, -0.2) is 4.79 Å². The van der Waals surface area contributed by atoms with E-state index < -0.39 is 18.0 Å². The van der Waals surface area contributed by atoms with Crippen LogP contribution in [0.2, 0.25) is 0 Å². The molecular weight excluding hydrogens is 398 g/mol. The summed E-state index contributed by atoms with van der Waals surface area (Å²) in [6.45, 7) is 4.54. The first-order valence-corrected chi connectivity index (χ1v) is 11.7. The van der Waals surface area contributed by atoms with Crippen molar-refractivity contribution in [2.45, 2.75) is 84.2 Å². The molecule has 0 radical (unpaired) electrons. The number of hydrogen-bond donors (Lipinski definition) is 0. The normalized spacial score (nSPS) is 41.9. The van der Waals surface area contributed by atoms with E-state index in [9.17, 15) is 19.2 Å². The van der Waals surface area contributed by atoms with Crippen molar-refractivity contribution < 1.29 is 28.8 Å². The van der Waals surface area contributed by atoms with Gasteiger partial charge in [-0.1, -0.05) is 30.6 Å². The molecule has 0 spiro atoms. The Labute approximate surface area is 182 Å². The van der Waals surface area contributed by atoms with Gasteiger partial charge < -0.3 is 4.74 Å². The van der Waals surface area contributed by atoms with Crippen molar-refractivity contribution in [3.63, 3.8) is 0 Å². The van der Waals surface area contributed by atoms with Crippen molar-refractivity contribution in [1.29, 1.82) is 0 Å². The number of nitrogens with zero attached hydrogens (tertiary/aromatic N) is 1. The molecule has 7 nitrogen and oxygen atoms in total. The minimum absolute atomic E-state index is 0.0645. The average molecular weight is 430 g/mol. The minimum Gasteiger partial charge on any atom is -0.429 e. The second-order valence-electron chi connectivity index (χ2n) is 10.6. The first kappa shape index (κ1) is 20.7. The number of hydrogen-bond acceptors (Lipinski definition) is 6. The quantitative estimate of drug-likeness (QED) is 0.373. The van der Waals surface area contributed by atoms with Crippen LogP contribution < -0.4 is 0 Å². The van der Waals surface area contributed by atoms with Crippen LogP contribution in [0.15, 0.2) is 11.6 Å². The molecule has 31 heavy (non-hydrogen) atoms. The molecule has 5 aliphatic rings. The zero-order valence-corrected chi connectivity index (χ0v) is 18.4. The second-order valence-corrected chi connectivity index (χ2v) is 10.6. The first-order valence-electron chi connectivity index (χ1n) is 11.7. The third-order valence-electron chi connectivity index (χ3n) is 9.20. The molecule has 5 rings (SSSR count). The van der Waals surface area contributed by atoms with Crippen molar-refractivity contribution >= 4 is 23.8 Å². The fourth-order valence-corrected chi connectivity index (χ4v) is 7.39. The summed E-state index contributed by atoms with van der Waals surface area (Å²) in [4.78, 5) is 52.9. The molecule has 0 aromatic rings. The van der Waals surface area contributed by atoms with Gasteiger partial charge >= 0.3 is 6.16 Å². The van der Waals surface area contributed by atoms with Crippen LogP contribution in [-0.4, -0.2) is 34.9 Å². The zero-order valence-electron chi connectivity index (χ0n) is 18.4. The number of hydroxylamine groups is 2. The zero-order chi connectivity index (χ0) is 22.0. The molecule has 168 valence electrons. The molecular formula is C24H31NO6. The number of allylic oxidation sites excluding steroid dienone is 1. The highest BCUT2D eigenvalue weighted by Gasteiger charge is 2.58. The number of Topliss-reactive ketones (excluding diaryl/α,β-unsaturated/α-hetero) is 1. The van der Waals surface area contributed by atoms with E-state index >= 15 is 0 Å². The molecule has 7 heteroatoms. The monoisotopic (exact) mass is 429 g/mol. The third kappa shape index (κ3) is 3.14. The molecule has 1 heterocycles. The number of rotatable bonds is 2. The number of carbonyl (C=O) groups is 4. The van der Waals surface area contributed by atoms with Gasteiger partial charge in [-0.3, -0.25) is 19.2 Å². The van der Waals surface area contributed by atoms with Gasteiger partial charge in [-0.15, -0.1) is 0 Å². The molecule has 4 fully saturated rings. The minimum atomic E-state index is -0.982. The fourth-order valence-electron chi connectivity index (χ4n) is 7.39. The predicted molar refractivity (Wildman–Crippen MR) is 109 cm³/mol. The average Bonchev–Trinajstić information content (AvgIpc) is 3.21. The molecule has 3 saturated carbocycles. The Kier molecular flexibility index (Phi) is 4.79. The van der Waals surface area contributed by atoms with Gasteiger partial charge in [-0.05, 0) is 61.7 Å². The molecule has 0 N–H and O–H groups in total. The Morgan fingerprint density at radius 2 is 1.65 bits per heavy atom. The summed E-state index contributed by atoms with van der Waals surface area (Å²) in [5.41, 5.74) is 1.30. The van der Waals surface area contributed by atoms with Gasteiger partial charge in [0.05, 0.1) is 0 Å². The summed E-state index contributed by atoms with van der Waals surface area (Å²) in [6, 6.07) is 0. The fraction of sp³-hybridized carbons (Fsp3) is 0.750. The highest BCUT2D eigenvalue weighted by atomic mass is 16.8. The van der Waals surface area contributed by atoms with Crippen LogP contribution in [0, 0.1) is 28.6 Å². The molecule has 4 aliphatic carbocycles. The Bertz CT molecular complexity index is 863. The number of ketones is 1. The lowest BCUT2D eigenvalue weighted by molar-refractivity contribution is -0.179. The summed E-state index contributed by atoms with van der Waals surface area (Å²) in [6.07, 6.45) is 8.34. The molecule has 0 unspecified atom stereocenters. The van der Waals surface area contributed by atoms with E-state index in [2.05, 4.69) is 19.9 Å². The topological polar surface area (TPSA) is 90.0 Å². The summed E-state index contributed by atoms with van der Waals surface area (Å²) >= 11 is 0. The highest BCUT2D eigenvalue weighted by molar-refractivity contribution is 6.01. The summed E-state index contributed by atoms with van der Waals surface area (Å²) in [5, 5.41) is 0.529. The van der Waals surface area contributed by atoms with Crippen LogP contribution >= 0.6 is 0 Å². The van der Waals surface area contributed by atoms with Gasteiger partial charge in [-0.2, -0.15) is 0 Å². The second kappa shape index (κ2) is 7.17. The van der Waals surface area contributed by atoms with E-state index in [-0.39, 0.29) is 29.8 Å². The molecule has 0 aromatic carbocycles. The maximum Gasteiger partial charge on any atom is 0.534 e. The van der Waals surface area contributed by atoms with E-state index in [1.807, 2.05) is 0 Å². The van der Waals surface area contributed by atoms with Gasteiger partial charge in [0.2, 0.25) is 0 Å². The van der Waals surface area contributed by atoms with E-state index in [1.165, 1.54) is 5.57 Å². The molecule has 6 atom stereocenters. The number of carbonyl (C=O) groups excluding carboxylic acids is 4. The maximum absolute atomic E-state index is 12.6. The largest absolute Gasteiger partial charge is 0.534 e. The third-order valence-corrected chi connectivity index (χ3v) is 9.20. The van der Waals surface area contributed by atoms with Crippen molar-refractivity contribution in [2.75, 3.05) is 0 Å². The van der Waals surface area contributed by atoms with Gasteiger partial charge in [0.1, 0.15) is 11.9 Å². The Hall–Kier alpha value is -2.18. The highest BCUT2D eigenvalue weighted by Crippen LogP contribution is 2.64. The molecule has 0 aromatic heterocycles. The van der Waals surface area contributed by atoms with Crippen LogP contribution in [0.5, 0.6) is 0 Å². The summed E-state index contributed by atoms with van der Waals surface area (Å²) in [5.74, 6) is 1.08. The maximum atomic E-state index is 12.6. The van der Waals surface area contributed by atoms with Gasteiger partial charge in [0, 0.05) is 31.1 Å². The van der Waals surface area contributed by atoms with E-state index in [4.69, 9.17) is 9.57 Å². The lowest BCUT2D eigenvalue weighted by atomic mass is 9.48. The van der Waals surface area contributed by atoms with Crippen LogP contribution in [0.4, 0.5) is 4.79 Å². The Balaban J connectivity index is 1.26. The summed E-state index contributed by atoms with van der Waals surface area (Å²) < 4.78 is 5.49. The Morgan fingerprint density at radius 1 is 0.968 bits per heavy atom. The van der Waals surface area contributed by atoms with E-state index in [0.717, 1.165) is 44.9 Å². The van der Waals surface area contributed by atoms with Gasteiger partial charge in [0.15, 0.2) is 0 Å². The smallest absolute Gasteiger partial charge is 0.429 e. The van der Waals surface area contributed by atoms with Crippen molar-refractivity contribution in [3.05, 3.63) is 11.6 Å². The lowest BCUT2D eigenvalue weighted by Gasteiger charge is -2.56. The number of fused-ring (bicyclic) bond motifs is 5. The molecule has 1 saturated heterocycles. The van der Waals surface area contributed by atoms with E-state index in [1.54, 1.807) is 0 Å². The van der Waals surface area contributed by atoms with E-state index in [0.29, 0.717) is 35.0 Å². The van der Waals surface area contributed by atoms with Crippen molar-refractivity contribution in [3.8, 4) is 0 Å². The van der Waals surface area contributed by atoms with Gasteiger partial charge in [0.25, 0.3) is 11.8 Å². The number of amides is 2. The SMILES string of the molecule is C[C@]12CC[C@H](OC(=O)ON3C(=O)CCC3=O)CC1=CC[C@@H]1[C@@H]2CC[C@]2(C)C(=O)CC[C@@H]12. The number of imide groups is 1. The van der Waals surface area contributed by atoms with Crippen LogP contribution in [0.3, 0.4) is 0 Å². The van der Waals surface area contributed by atoms with Crippen molar-refractivity contribution in [1.82, 2.24) is 5.06 Å². The molecule has 2 amide bonds. The molecule has 0 bridgehead atoms. The molecule has 1 aliphatic heterocycles. The lowest BCUT2D eigenvalue weighted by Crippen LogP contribution is -2.50. The van der Waals surface area contributed by atoms with Crippen LogP contribution in [-0.2, 0) is 24.0 Å². The van der Waals surface area contributed by atoms with Crippen LogP contribution in [0.25, 0.3) is 0 Å². The number of ether oxygens (including phenoxy) is 1. The standard InChI is InChI=1S/C24H31NO6/c1-23-11-9-15(30-22(29)31-25-20(27)7-8-21(25)28)13-14(23)3-4-16-17-5-6-19(26)24(17,2)12-10-18(16)23/h3,15-18H,4-13H2,1-2H3/t15-,16-,17-,18-,23-,24-/m0/s1.